The van der Waals surface area contributed by atoms with Crippen LogP contribution in [0.15, 0.2) is 17.0 Å². The second-order valence-electron chi connectivity index (χ2n) is 5.39. The Balaban J connectivity index is 2.32. The van der Waals surface area contributed by atoms with Crippen molar-refractivity contribution in [2.24, 2.45) is 0 Å². The molecule has 1 aliphatic heterocycles. The van der Waals surface area contributed by atoms with E-state index in [1.54, 1.807) is 7.11 Å². The highest BCUT2D eigenvalue weighted by Crippen LogP contribution is 2.22. The van der Waals surface area contributed by atoms with Gasteiger partial charge in [-0.1, -0.05) is 17.7 Å². The minimum absolute atomic E-state index is 0.129. The molecule has 1 fully saturated rings. The number of methoxy groups -OCH3 is 1. The number of nitrogens with one attached hydrogen (secondary N) is 2. The van der Waals surface area contributed by atoms with Crippen LogP contribution < -0.4 is 10.0 Å². The Morgan fingerprint density at radius 1 is 1.20 bits per heavy atom. The van der Waals surface area contributed by atoms with Crippen molar-refractivity contribution in [1.82, 2.24) is 10.0 Å². The predicted octanol–water partition coefficient (Wildman–Crippen LogP) is 0.877. The number of ether oxygens (including phenoxy) is 1. The maximum absolute atomic E-state index is 12.6. The predicted molar refractivity (Wildman–Crippen MR) is 78.4 cm³/mol. The van der Waals surface area contributed by atoms with Crippen LogP contribution in [0.1, 0.15) is 16.7 Å². The normalized spacial score (nSPS) is 23.2. The smallest absolute Gasteiger partial charge is 0.241 e. The Labute approximate surface area is 120 Å². The summed E-state index contributed by atoms with van der Waals surface area (Å²) in [5.41, 5.74) is 2.61. The Morgan fingerprint density at radius 3 is 2.35 bits per heavy atom. The van der Waals surface area contributed by atoms with Crippen LogP contribution in [0.4, 0.5) is 0 Å². The van der Waals surface area contributed by atoms with Crippen LogP contribution >= 0.6 is 0 Å². The van der Waals surface area contributed by atoms with Gasteiger partial charge in [0.2, 0.25) is 10.0 Å². The fourth-order valence-electron chi connectivity index (χ4n) is 2.87. The summed E-state index contributed by atoms with van der Waals surface area (Å²) >= 11 is 0. The first-order valence-corrected chi connectivity index (χ1v) is 8.17. The molecular weight excluding hydrogens is 276 g/mol. The standard InChI is InChI=1S/C14H22N2O3S/c1-9-5-10(2)14(11(3)6-9)20(17,18)16-12-7-15-8-13(12)19-4/h5-6,12-13,15-16H,7-8H2,1-4H3/t12?,13-/m0/s1. The van der Waals surface area contributed by atoms with Crippen LogP contribution in [-0.2, 0) is 14.8 Å². The van der Waals surface area contributed by atoms with Gasteiger partial charge in [-0.3, -0.25) is 0 Å². The van der Waals surface area contributed by atoms with Gasteiger partial charge in [-0.2, -0.15) is 0 Å². The SMILES string of the molecule is CO[C@H]1CNCC1NS(=O)(=O)c1c(C)cc(C)cc1C. The number of hydrogen-bond donors (Lipinski definition) is 2. The van der Waals surface area contributed by atoms with Crippen molar-refractivity contribution in [3.8, 4) is 0 Å². The van der Waals surface area contributed by atoms with E-state index in [2.05, 4.69) is 10.0 Å². The summed E-state index contributed by atoms with van der Waals surface area (Å²) in [7, 11) is -1.94. The zero-order chi connectivity index (χ0) is 14.9. The van der Waals surface area contributed by atoms with Crippen LogP contribution in [0.2, 0.25) is 0 Å². The third kappa shape index (κ3) is 3.03. The van der Waals surface area contributed by atoms with E-state index in [4.69, 9.17) is 4.74 Å². The Morgan fingerprint density at radius 2 is 1.80 bits per heavy atom. The van der Waals surface area contributed by atoms with E-state index in [0.717, 1.165) is 16.7 Å². The van der Waals surface area contributed by atoms with Crippen molar-refractivity contribution in [2.75, 3.05) is 20.2 Å². The number of aryl methyl sites for hydroxylation is 3. The maximum Gasteiger partial charge on any atom is 0.241 e. The molecule has 1 heterocycles. The molecule has 1 aromatic rings. The van der Waals surface area contributed by atoms with Crippen LogP contribution in [0.3, 0.4) is 0 Å². The van der Waals surface area contributed by atoms with E-state index >= 15 is 0 Å². The summed E-state index contributed by atoms with van der Waals surface area (Å²) in [6.45, 7) is 6.87. The summed E-state index contributed by atoms with van der Waals surface area (Å²) in [6, 6.07) is 3.55. The average Bonchev–Trinajstić information content (AvgIpc) is 2.73. The number of hydrogen-bond acceptors (Lipinski definition) is 4. The van der Waals surface area contributed by atoms with Gasteiger partial charge < -0.3 is 10.1 Å². The van der Waals surface area contributed by atoms with Gasteiger partial charge in [-0.05, 0) is 31.9 Å². The fraction of sp³-hybridized carbons (Fsp3) is 0.571. The molecular formula is C14H22N2O3S. The van der Waals surface area contributed by atoms with Gasteiger partial charge in [0.25, 0.3) is 0 Å². The molecule has 20 heavy (non-hydrogen) atoms. The molecule has 0 saturated carbocycles. The lowest BCUT2D eigenvalue weighted by Crippen LogP contribution is -2.43. The van der Waals surface area contributed by atoms with Crippen LogP contribution in [0.5, 0.6) is 0 Å². The second-order valence-corrected chi connectivity index (χ2v) is 7.04. The topological polar surface area (TPSA) is 67.4 Å². The quantitative estimate of drug-likeness (QED) is 0.866. The number of rotatable bonds is 4. The first-order chi connectivity index (χ1) is 9.35. The van der Waals surface area contributed by atoms with Crippen molar-refractivity contribution in [1.29, 1.82) is 0 Å². The van der Waals surface area contributed by atoms with Gasteiger partial charge in [0.1, 0.15) is 0 Å². The molecule has 1 aromatic carbocycles. The summed E-state index contributed by atoms with van der Waals surface area (Å²) in [6.07, 6.45) is -0.129. The van der Waals surface area contributed by atoms with Crippen molar-refractivity contribution < 1.29 is 13.2 Å². The molecule has 1 aliphatic rings. The Hall–Kier alpha value is -0.950. The number of sulfonamides is 1. The molecule has 6 heteroatoms. The van der Waals surface area contributed by atoms with E-state index < -0.39 is 10.0 Å². The first-order valence-electron chi connectivity index (χ1n) is 6.69. The van der Waals surface area contributed by atoms with Crippen molar-refractivity contribution in [2.45, 2.75) is 37.8 Å². The molecule has 2 rings (SSSR count). The molecule has 1 unspecified atom stereocenters. The van der Waals surface area contributed by atoms with Crippen LogP contribution in [0.25, 0.3) is 0 Å². The van der Waals surface area contributed by atoms with Gasteiger partial charge in [-0.25, -0.2) is 13.1 Å². The molecule has 0 aromatic heterocycles. The van der Waals surface area contributed by atoms with Crippen LogP contribution in [0, 0.1) is 20.8 Å². The summed E-state index contributed by atoms with van der Waals surface area (Å²) < 4.78 is 33.3. The monoisotopic (exact) mass is 298 g/mol. The molecule has 0 spiro atoms. The van der Waals surface area contributed by atoms with E-state index in [1.807, 2.05) is 32.9 Å². The molecule has 1 saturated heterocycles. The lowest BCUT2D eigenvalue weighted by Gasteiger charge is -2.20. The zero-order valence-corrected chi connectivity index (χ0v) is 13.2. The molecule has 0 radical (unpaired) electrons. The van der Waals surface area contributed by atoms with E-state index in [0.29, 0.717) is 18.0 Å². The molecule has 0 aliphatic carbocycles. The molecule has 0 bridgehead atoms. The average molecular weight is 298 g/mol. The highest BCUT2D eigenvalue weighted by molar-refractivity contribution is 7.89. The third-order valence-corrected chi connectivity index (χ3v) is 5.44. The van der Waals surface area contributed by atoms with Crippen molar-refractivity contribution in [3.63, 3.8) is 0 Å². The molecule has 2 N–H and O–H groups in total. The fourth-order valence-corrected chi connectivity index (χ4v) is 4.59. The Kier molecular flexibility index (Phi) is 4.49. The summed E-state index contributed by atoms with van der Waals surface area (Å²) in [5, 5.41) is 3.13. The Bertz CT molecular complexity index is 575. The lowest BCUT2D eigenvalue weighted by atomic mass is 10.1. The highest BCUT2D eigenvalue weighted by atomic mass is 32.2. The van der Waals surface area contributed by atoms with Crippen LogP contribution in [-0.4, -0.2) is 40.8 Å². The highest BCUT2D eigenvalue weighted by Gasteiger charge is 2.32. The minimum Gasteiger partial charge on any atom is -0.378 e. The largest absolute Gasteiger partial charge is 0.378 e. The second kappa shape index (κ2) is 5.81. The summed E-state index contributed by atoms with van der Waals surface area (Å²) in [4.78, 5) is 0.379. The molecule has 2 atom stereocenters. The van der Waals surface area contributed by atoms with E-state index in [9.17, 15) is 8.42 Å². The minimum atomic E-state index is -3.53. The molecule has 112 valence electrons. The van der Waals surface area contributed by atoms with Crippen molar-refractivity contribution in [3.05, 3.63) is 28.8 Å². The van der Waals surface area contributed by atoms with Gasteiger partial charge >= 0.3 is 0 Å². The molecule has 0 amide bonds. The van der Waals surface area contributed by atoms with E-state index in [-0.39, 0.29) is 12.1 Å². The van der Waals surface area contributed by atoms with Crippen molar-refractivity contribution >= 4 is 10.0 Å². The number of benzene rings is 1. The maximum atomic E-state index is 12.6. The van der Waals surface area contributed by atoms with Gasteiger partial charge in [0, 0.05) is 20.2 Å². The third-order valence-electron chi connectivity index (χ3n) is 3.64. The lowest BCUT2D eigenvalue weighted by molar-refractivity contribution is 0.103. The molecule has 5 nitrogen and oxygen atoms in total. The summed E-state index contributed by atoms with van der Waals surface area (Å²) in [5.74, 6) is 0. The van der Waals surface area contributed by atoms with Gasteiger partial charge in [0.15, 0.2) is 0 Å². The first kappa shape index (κ1) is 15.4. The van der Waals surface area contributed by atoms with Gasteiger partial charge in [0.05, 0.1) is 17.0 Å². The van der Waals surface area contributed by atoms with Gasteiger partial charge in [-0.15, -0.1) is 0 Å². The zero-order valence-electron chi connectivity index (χ0n) is 12.4. The van der Waals surface area contributed by atoms with E-state index in [1.165, 1.54) is 0 Å².